The summed E-state index contributed by atoms with van der Waals surface area (Å²) in [5, 5.41) is 2.97. The number of benzene rings is 2. The van der Waals surface area contributed by atoms with Gasteiger partial charge in [-0.2, -0.15) is 0 Å². The highest BCUT2D eigenvalue weighted by molar-refractivity contribution is 5.94. The Labute approximate surface area is 138 Å². The molecule has 0 saturated heterocycles. The molecule has 2 aromatic carbocycles. The molecule has 4 nitrogen and oxygen atoms in total. The molecule has 0 bridgehead atoms. The van der Waals surface area contributed by atoms with Crippen LogP contribution >= 0.6 is 0 Å². The lowest BCUT2D eigenvalue weighted by Gasteiger charge is -2.24. The first-order valence-corrected chi connectivity index (χ1v) is 7.70. The summed E-state index contributed by atoms with van der Waals surface area (Å²) in [5.41, 5.74) is 3.10. The van der Waals surface area contributed by atoms with Crippen LogP contribution in [-0.4, -0.2) is 31.0 Å². The van der Waals surface area contributed by atoms with E-state index >= 15 is 0 Å². The van der Waals surface area contributed by atoms with E-state index in [1.807, 2.05) is 74.3 Å². The van der Waals surface area contributed by atoms with Crippen molar-refractivity contribution in [2.24, 2.45) is 0 Å². The molecule has 0 aromatic heterocycles. The van der Waals surface area contributed by atoms with Gasteiger partial charge in [0.15, 0.2) is 0 Å². The third-order valence-corrected chi connectivity index (χ3v) is 3.92. The van der Waals surface area contributed by atoms with Crippen LogP contribution in [0, 0.1) is 6.92 Å². The summed E-state index contributed by atoms with van der Waals surface area (Å²) >= 11 is 0. The van der Waals surface area contributed by atoms with Crippen LogP contribution in [-0.2, 0) is 11.3 Å². The number of nitrogens with zero attached hydrogens (tertiary/aromatic N) is 1. The fourth-order valence-corrected chi connectivity index (χ4v) is 2.33. The molecule has 0 aliphatic rings. The molecule has 1 atom stereocenters. The molecule has 0 unspecified atom stereocenters. The van der Waals surface area contributed by atoms with Crippen molar-refractivity contribution in [2.75, 3.05) is 19.5 Å². The van der Waals surface area contributed by atoms with E-state index in [1.165, 1.54) is 0 Å². The highest BCUT2D eigenvalue weighted by Gasteiger charge is 2.18. The van der Waals surface area contributed by atoms with Crippen molar-refractivity contribution < 1.29 is 9.53 Å². The average Bonchev–Trinajstić information content (AvgIpc) is 2.54. The number of methoxy groups -OCH3 is 1. The average molecular weight is 312 g/mol. The van der Waals surface area contributed by atoms with Crippen LogP contribution in [0.5, 0.6) is 5.75 Å². The van der Waals surface area contributed by atoms with Gasteiger partial charge in [-0.25, -0.2) is 0 Å². The zero-order valence-electron chi connectivity index (χ0n) is 14.2. The van der Waals surface area contributed by atoms with Crippen molar-refractivity contribution in [2.45, 2.75) is 26.4 Å². The fraction of sp³-hybridized carbons (Fsp3) is 0.316. The van der Waals surface area contributed by atoms with Crippen LogP contribution in [0.1, 0.15) is 18.1 Å². The number of aryl methyl sites for hydroxylation is 1. The second-order valence-electron chi connectivity index (χ2n) is 5.80. The topological polar surface area (TPSA) is 41.6 Å². The maximum absolute atomic E-state index is 12.4. The molecule has 0 fully saturated rings. The number of carbonyl (C=O) groups is 1. The summed E-state index contributed by atoms with van der Waals surface area (Å²) in [6, 6.07) is 15.5. The molecular formula is C19H24N2O2. The predicted octanol–water partition coefficient (Wildman–Crippen LogP) is 3.46. The Bertz CT molecular complexity index is 653. The number of anilines is 1. The number of hydrogen-bond acceptors (Lipinski definition) is 3. The van der Waals surface area contributed by atoms with Gasteiger partial charge in [0.1, 0.15) is 5.75 Å². The maximum atomic E-state index is 12.4. The van der Waals surface area contributed by atoms with Crippen LogP contribution < -0.4 is 10.1 Å². The monoisotopic (exact) mass is 312 g/mol. The third-order valence-electron chi connectivity index (χ3n) is 3.92. The summed E-state index contributed by atoms with van der Waals surface area (Å²) in [6.07, 6.45) is 0. The summed E-state index contributed by atoms with van der Waals surface area (Å²) in [6.45, 7) is 4.62. The van der Waals surface area contributed by atoms with Crippen LogP contribution in [0.2, 0.25) is 0 Å². The molecule has 0 aliphatic carbocycles. The van der Waals surface area contributed by atoms with E-state index in [9.17, 15) is 4.79 Å². The van der Waals surface area contributed by atoms with Crippen LogP contribution in [0.15, 0.2) is 48.5 Å². The van der Waals surface area contributed by atoms with E-state index in [2.05, 4.69) is 5.32 Å². The Morgan fingerprint density at radius 3 is 2.52 bits per heavy atom. The number of nitrogens with one attached hydrogen (secondary N) is 1. The Balaban J connectivity index is 1.95. The van der Waals surface area contributed by atoms with E-state index in [4.69, 9.17) is 4.74 Å². The molecule has 0 heterocycles. The maximum Gasteiger partial charge on any atom is 0.241 e. The molecule has 0 spiro atoms. The van der Waals surface area contributed by atoms with Crippen LogP contribution in [0.4, 0.5) is 5.69 Å². The molecule has 2 aromatic rings. The highest BCUT2D eigenvalue weighted by Crippen LogP contribution is 2.15. The summed E-state index contributed by atoms with van der Waals surface area (Å²) < 4.78 is 5.16. The number of amides is 1. The van der Waals surface area contributed by atoms with Crippen molar-refractivity contribution in [1.82, 2.24) is 4.90 Å². The summed E-state index contributed by atoms with van der Waals surface area (Å²) in [7, 11) is 3.60. The predicted molar refractivity (Wildman–Crippen MR) is 93.7 cm³/mol. The SMILES string of the molecule is COc1ccc(CN(C)[C@@H](C)C(=O)Nc2cccc(C)c2)cc1. The molecule has 1 amide bonds. The standard InChI is InChI=1S/C19H24N2O2/c1-14-6-5-7-17(12-14)20-19(22)15(2)21(3)13-16-8-10-18(23-4)11-9-16/h5-12,15H,13H2,1-4H3,(H,20,22)/t15-/m0/s1. The highest BCUT2D eigenvalue weighted by atomic mass is 16.5. The number of rotatable bonds is 6. The molecule has 2 rings (SSSR count). The lowest BCUT2D eigenvalue weighted by Crippen LogP contribution is -2.39. The summed E-state index contributed by atoms with van der Waals surface area (Å²) in [4.78, 5) is 14.4. The van der Waals surface area contributed by atoms with Gasteiger partial charge in [-0.15, -0.1) is 0 Å². The van der Waals surface area contributed by atoms with Gasteiger partial charge in [0, 0.05) is 12.2 Å². The first kappa shape index (κ1) is 17.0. The van der Waals surface area contributed by atoms with Gasteiger partial charge in [-0.3, -0.25) is 9.69 Å². The van der Waals surface area contributed by atoms with E-state index in [0.29, 0.717) is 6.54 Å². The van der Waals surface area contributed by atoms with E-state index in [-0.39, 0.29) is 11.9 Å². The van der Waals surface area contributed by atoms with Crippen LogP contribution in [0.3, 0.4) is 0 Å². The Hall–Kier alpha value is -2.33. The molecule has 0 saturated carbocycles. The molecule has 4 heteroatoms. The fourth-order valence-electron chi connectivity index (χ4n) is 2.33. The van der Waals surface area contributed by atoms with Gasteiger partial charge in [-0.1, -0.05) is 24.3 Å². The number of hydrogen-bond donors (Lipinski definition) is 1. The van der Waals surface area contributed by atoms with E-state index in [0.717, 1.165) is 22.6 Å². The minimum Gasteiger partial charge on any atom is -0.497 e. The minimum absolute atomic E-state index is 0.00777. The van der Waals surface area contributed by atoms with E-state index in [1.54, 1.807) is 7.11 Å². The first-order valence-electron chi connectivity index (χ1n) is 7.70. The van der Waals surface area contributed by atoms with E-state index < -0.39 is 0 Å². The van der Waals surface area contributed by atoms with Gasteiger partial charge >= 0.3 is 0 Å². The smallest absolute Gasteiger partial charge is 0.241 e. The van der Waals surface area contributed by atoms with Gasteiger partial charge in [0.05, 0.1) is 13.2 Å². The summed E-state index contributed by atoms with van der Waals surface area (Å²) in [5.74, 6) is 0.827. The molecule has 0 radical (unpaired) electrons. The van der Waals surface area contributed by atoms with Gasteiger partial charge in [-0.05, 0) is 56.3 Å². The van der Waals surface area contributed by atoms with Crippen molar-refractivity contribution >= 4 is 11.6 Å². The van der Waals surface area contributed by atoms with Crippen LogP contribution in [0.25, 0.3) is 0 Å². The van der Waals surface area contributed by atoms with Gasteiger partial charge in [0.25, 0.3) is 0 Å². The zero-order valence-corrected chi connectivity index (χ0v) is 14.2. The van der Waals surface area contributed by atoms with Gasteiger partial charge in [0.2, 0.25) is 5.91 Å². The van der Waals surface area contributed by atoms with Crippen molar-refractivity contribution in [3.8, 4) is 5.75 Å². The molecule has 23 heavy (non-hydrogen) atoms. The first-order chi connectivity index (χ1) is 11.0. The number of carbonyl (C=O) groups excluding carboxylic acids is 1. The molecular weight excluding hydrogens is 288 g/mol. The normalized spacial score (nSPS) is 12.0. The Morgan fingerprint density at radius 2 is 1.91 bits per heavy atom. The second-order valence-corrected chi connectivity index (χ2v) is 5.80. The largest absolute Gasteiger partial charge is 0.497 e. The van der Waals surface area contributed by atoms with Gasteiger partial charge < -0.3 is 10.1 Å². The quantitative estimate of drug-likeness (QED) is 0.888. The molecule has 122 valence electrons. The molecule has 0 aliphatic heterocycles. The van der Waals surface area contributed by atoms with Crippen molar-refractivity contribution in [3.05, 3.63) is 59.7 Å². The Kier molecular flexibility index (Phi) is 5.77. The third kappa shape index (κ3) is 4.83. The second kappa shape index (κ2) is 7.79. The van der Waals surface area contributed by atoms with Crippen molar-refractivity contribution in [1.29, 1.82) is 0 Å². The van der Waals surface area contributed by atoms with Crippen molar-refractivity contribution in [3.63, 3.8) is 0 Å². The zero-order chi connectivity index (χ0) is 16.8. The lowest BCUT2D eigenvalue weighted by molar-refractivity contribution is -0.120. The molecule has 1 N–H and O–H groups in total. The lowest BCUT2D eigenvalue weighted by atomic mass is 10.1. The minimum atomic E-state index is -0.224. The Morgan fingerprint density at radius 1 is 1.22 bits per heavy atom. The number of ether oxygens (including phenoxy) is 1. The number of likely N-dealkylation sites (N-methyl/N-ethyl adjacent to an activating group) is 1.